The van der Waals surface area contributed by atoms with E-state index in [4.69, 9.17) is 9.97 Å². The minimum Gasteiger partial charge on any atom is -0.321 e. The summed E-state index contributed by atoms with van der Waals surface area (Å²) in [6, 6.07) is 18.5. The zero-order valence-electron chi connectivity index (χ0n) is 21.5. The first-order chi connectivity index (χ1) is 18.5. The molecule has 1 amide bonds. The van der Waals surface area contributed by atoms with Gasteiger partial charge in [-0.1, -0.05) is 30.3 Å². The van der Waals surface area contributed by atoms with E-state index >= 15 is 0 Å². The van der Waals surface area contributed by atoms with Gasteiger partial charge in [-0.15, -0.1) is 10.2 Å². The van der Waals surface area contributed by atoms with Crippen LogP contribution in [0.1, 0.15) is 65.0 Å². The maximum absolute atomic E-state index is 13.5. The lowest BCUT2D eigenvalue weighted by Gasteiger charge is -2.14. The topological polar surface area (TPSA) is 85.6 Å². The highest BCUT2D eigenvalue weighted by Crippen LogP contribution is 2.40. The molecule has 7 nitrogen and oxygen atoms in total. The van der Waals surface area contributed by atoms with E-state index in [9.17, 15) is 4.79 Å². The minimum atomic E-state index is -0.252. The van der Waals surface area contributed by atoms with Gasteiger partial charge in [0.2, 0.25) is 0 Å². The molecule has 7 heteroatoms. The molecule has 1 N–H and O–H groups in total. The molecule has 188 valence electrons. The molecule has 2 aliphatic rings. The van der Waals surface area contributed by atoms with Crippen LogP contribution in [0.25, 0.3) is 33.4 Å². The lowest BCUT2D eigenvalue weighted by atomic mass is 9.97. The van der Waals surface area contributed by atoms with Gasteiger partial charge in [0.05, 0.1) is 5.52 Å². The number of amides is 1. The van der Waals surface area contributed by atoms with Crippen LogP contribution in [-0.4, -0.2) is 30.6 Å². The van der Waals surface area contributed by atoms with Crippen molar-refractivity contribution in [3.05, 3.63) is 89.6 Å². The first-order valence-electron chi connectivity index (χ1n) is 13.2. The van der Waals surface area contributed by atoms with Crippen molar-refractivity contribution in [3.8, 4) is 22.5 Å². The van der Waals surface area contributed by atoms with Crippen LogP contribution in [0.4, 0.5) is 5.69 Å². The standard InChI is InChI=1S/C31H28N6O/c1-18-6-12-25-26(22-9-13-27(32-16-22)20-7-8-20)15-28(35-29(25)19(18)2)31(38)34-23-5-3-4-21(14-23)30-36-33-17-37(30)24-10-11-24/h3-6,9,12-17,20,24H,7-8,10-11H2,1-2H3,(H,34,38). The number of fused-ring (bicyclic) bond motifs is 1. The van der Waals surface area contributed by atoms with E-state index in [1.807, 2.05) is 36.5 Å². The second kappa shape index (κ2) is 8.87. The van der Waals surface area contributed by atoms with Gasteiger partial charge in [-0.05, 0) is 80.5 Å². The van der Waals surface area contributed by atoms with Crippen LogP contribution in [0.5, 0.6) is 0 Å². The van der Waals surface area contributed by atoms with Crippen molar-refractivity contribution in [2.24, 2.45) is 0 Å². The Hall–Kier alpha value is -4.39. The zero-order chi connectivity index (χ0) is 25.8. The van der Waals surface area contributed by atoms with Crippen LogP contribution < -0.4 is 5.32 Å². The maximum Gasteiger partial charge on any atom is 0.274 e. The van der Waals surface area contributed by atoms with Crippen LogP contribution in [-0.2, 0) is 0 Å². The summed E-state index contributed by atoms with van der Waals surface area (Å²) < 4.78 is 2.12. The number of hydrogen-bond donors (Lipinski definition) is 1. The maximum atomic E-state index is 13.5. The molecule has 2 aliphatic carbocycles. The van der Waals surface area contributed by atoms with Crippen LogP contribution in [0, 0.1) is 13.8 Å². The lowest BCUT2D eigenvalue weighted by Crippen LogP contribution is -2.14. The van der Waals surface area contributed by atoms with Gasteiger partial charge in [0.15, 0.2) is 5.82 Å². The van der Waals surface area contributed by atoms with Gasteiger partial charge >= 0.3 is 0 Å². The second-order valence-corrected chi connectivity index (χ2v) is 10.5. The molecule has 0 unspecified atom stereocenters. The summed E-state index contributed by atoms with van der Waals surface area (Å²) in [4.78, 5) is 23.1. The molecule has 0 bridgehead atoms. The zero-order valence-corrected chi connectivity index (χ0v) is 21.5. The monoisotopic (exact) mass is 500 g/mol. The number of hydrogen-bond acceptors (Lipinski definition) is 5. The first kappa shape index (κ1) is 22.8. The molecule has 0 radical (unpaired) electrons. The summed E-state index contributed by atoms with van der Waals surface area (Å²) in [7, 11) is 0. The Morgan fingerprint density at radius 1 is 0.974 bits per heavy atom. The molecule has 0 spiro atoms. The van der Waals surface area contributed by atoms with Crippen LogP contribution in [0.3, 0.4) is 0 Å². The van der Waals surface area contributed by atoms with Crippen molar-refractivity contribution in [2.45, 2.75) is 51.5 Å². The van der Waals surface area contributed by atoms with E-state index in [2.05, 4.69) is 58.2 Å². The summed E-state index contributed by atoms with van der Waals surface area (Å²) in [5.41, 5.74) is 8.14. The normalized spacial score (nSPS) is 15.1. The molecule has 2 saturated carbocycles. The van der Waals surface area contributed by atoms with Crippen molar-refractivity contribution >= 4 is 22.5 Å². The Labute approximate surface area is 221 Å². The SMILES string of the molecule is Cc1ccc2c(-c3ccc(C4CC4)nc3)cc(C(=O)Nc3cccc(-c4nncn4C4CC4)c3)nc2c1C. The van der Waals surface area contributed by atoms with E-state index < -0.39 is 0 Å². The molecule has 38 heavy (non-hydrogen) atoms. The first-order valence-corrected chi connectivity index (χ1v) is 13.2. The summed E-state index contributed by atoms with van der Waals surface area (Å²) in [6.45, 7) is 4.13. The number of nitrogens with one attached hydrogen (secondary N) is 1. The third-order valence-electron chi connectivity index (χ3n) is 7.72. The number of aryl methyl sites for hydroxylation is 2. The van der Waals surface area contributed by atoms with Crippen LogP contribution in [0.2, 0.25) is 0 Å². The fraction of sp³-hybridized carbons (Fsp3) is 0.258. The third-order valence-corrected chi connectivity index (χ3v) is 7.72. The Kier molecular flexibility index (Phi) is 5.32. The number of pyridine rings is 2. The number of benzene rings is 2. The molecule has 3 aromatic heterocycles. The number of carbonyl (C=O) groups excluding carboxylic acids is 1. The number of carbonyl (C=O) groups is 1. The van der Waals surface area contributed by atoms with E-state index in [1.54, 1.807) is 6.33 Å². The Bertz CT molecular complexity index is 1700. The summed E-state index contributed by atoms with van der Waals surface area (Å²) >= 11 is 0. The molecule has 2 fully saturated rings. The number of aromatic nitrogens is 5. The smallest absolute Gasteiger partial charge is 0.274 e. The summed E-state index contributed by atoms with van der Waals surface area (Å²) in [6.07, 6.45) is 8.44. The third kappa shape index (κ3) is 4.14. The quantitative estimate of drug-likeness (QED) is 0.283. The van der Waals surface area contributed by atoms with E-state index in [0.717, 1.165) is 63.1 Å². The van der Waals surface area contributed by atoms with Gasteiger partial charge in [-0.25, -0.2) is 4.98 Å². The van der Waals surface area contributed by atoms with Crippen LogP contribution >= 0.6 is 0 Å². The highest BCUT2D eigenvalue weighted by atomic mass is 16.1. The fourth-order valence-corrected chi connectivity index (χ4v) is 5.07. The number of rotatable bonds is 6. The number of nitrogens with zero attached hydrogens (tertiary/aromatic N) is 5. The van der Waals surface area contributed by atoms with Crippen LogP contribution in [0.15, 0.2) is 67.1 Å². The number of anilines is 1. The predicted molar refractivity (Wildman–Crippen MR) is 148 cm³/mol. The van der Waals surface area contributed by atoms with Gasteiger partial charge in [-0.2, -0.15) is 0 Å². The summed E-state index contributed by atoms with van der Waals surface area (Å²) in [5, 5.41) is 12.5. The van der Waals surface area contributed by atoms with Crippen molar-refractivity contribution in [1.82, 2.24) is 24.7 Å². The molecule has 0 saturated heterocycles. The van der Waals surface area contributed by atoms with Gasteiger partial charge in [-0.3, -0.25) is 9.78 Å². The molecule has 7 rings (SSSR count). The highest BCUT2D eigenvalue weighted by molar-refractivity contribution is 6.07. The Morgan fingerprint density at radius 3 is 2.61 bits per heavy atom. The van der Waals surface area contributed by atoms with Crippen molar-refractivity contribution < 1.29 is 4.79 Å². The predicted octanol–water partition coefficient (Wildman–Crippen LogP) is 6.64. The molecule has 2 aromatic carbocycles. The minimum absolute atomic E-state index is 0.252. The lowest BCUT2D eigenvalue weighted by molar-refractivity contribution is 0.102. The second-order valence-electron chi connectivity index (χ2n) is 10.5. The van der Waals surface area contributed by atoms with Crippen molar-refractivity contribution in [2.75, 3.05) is 5.32 Å². The van der Waals surface area contributed by atoms with Crippen molar-refractivity contribution in [1.29, 1.82) is 0 Å². The average molecular weight is 501 g/mol. The summed E-state index contributed by atoms with van der Waals surface area (Å²) in [5.74, 6) is 1.17. The molecular weight excluding hydrogens is 472 g/mol. The highest BCUT2D eigenvalue weighted by Gasteiger charge is 2.27. The molecule has 0 aliphatic heterocycles. The molecular formula is C31H28N6O. The van der Waals surface area contributed by atoms with Gasteiger partial charge in [0.25, 0.3) is 5.91 Å². The van der Waals surface area contributed by atoms with E-state index in [-0.39, 0.29) is 5.91 Å². The van der Waals surface area contributed by atoms with E-state index in [0.29, 0.717) is 23.3 Å². The van der Waals surface area contributed by atoms with E-state index in [1.165, 1.54) is 12.8 Å². The fourth-order valence-electron chi connectivity index (χ4n) is 5.07. The molecule has 0 atom stereocenters. The molecule has 3 heterocycles. The van der Waals surface area contributed by atoms with Gasteiger partial charge in [0, 0.05) is 46.1 Å². The Morgan fingerprint density at radius 2 is 1.84 bits per heavy atom. The average Bonchev–Trinajstić information content (AvgIpc) is 3.89. The van der Waals surface area contributed by atoms with Gasteiger partial charge in [0.1, 0.15) is 12.0 Å². The molecule has 5 aromatic rings. The van der Waals surface area contributed by atoms with Crippen molar-refractivity contribution in [3.63, 3.8) is 0 Å². The largest absolute Gasteiger partial charge is 0.321 e. The van der Waals surface area contributed by atoms with Gasteiger partial charge < -0.3 is 9.88 Å². The Balaban J connectivity index is 1.25.